The third-order valence-electron chi connectivity index (χ3n) is 20.3. The maximum Gasteiger partial charge on any atom is 0.472 e. The van der Waals surface area contributed by atoms with Gasteiger partial charge >= 0.3 is 39.5 Å². The van der Waals surface area contributed by atoms with Crippen molar-refractivity contribution in [2.45, 2.75) is 471 Å². The molecule has 0 bridgehead atoms. The number of phosphoric ester groups is 2. The highest BCUT2D eigenvalue weighted by molar-refractivity contribution is 7.47. The Morgan fingerprint density at radius 1 is 0.279 bits per heavy atom. The lowest BCUT2D eigenvalue weighted by Crippen LogP contribution is -2.30. The van der Waals surface area contributed by atoms with Gasteiger partial charge in [-0.25, -0.2) is 9.13 Å². The van der Waals surface area contributed by atoms with Gasteiger partial charge in [0.1, 0.15) is 19.3 Å². The smallest absolute Gasteiger partial charge is 0.462 e. The van der Waals surface area contributed by atoms with Crippen molar-refractivity contribution in [3.8, 4) is 0 Å². The molecule has 0 heterocycles. The molecule has 0 amide bonds. The Morgan fingerprint density at radius 2 is 0.490 bits per heavy atom. The SMILES string of the molecule is CCCCCCCCCCCCCCCCCCCCCCCCC(=O)O[C@H](COC(=O)CCCCCCCCCCCCCCCCC(C)CC)COP(=O)(O)OC[C@@H](O)COP(=O)(O)OC[C@@H](COC(=O)CCCCCCCCCCCC)OC(=O)CCCCCCCCCCCCCC(C)C. The van der Waals surface area contributed by atoms with Gasteiger partial charge < -0.3 is 33.8 Å². The van der Waals surface area contributed by atoms with Crippen LogP contribution in [0.2, 0.25) is 0 Å². The van der Waals surface area contributed by atoms with Gasteiger partial charge in [-0.3, -0.25) is 37.3 Å². The van der Waals surface area contributed by atoms with Crippen molar-refractivity contribution in [2.24, 2.45) is 11.8 Å². The van der Waals surface area contributed by atoms with Gasteiger partial charge in [0.2, 0.25) is 0 Å². The molecule has 0 fully saturated rings. The fraction of sp³-hybridized carbons (Fsp3) is 0.953. The number of phosphoric acid groups is 2. The predicted octanol–water partition coefficient (Wildman–Crippen LogP) is 25.8. The molecule has 0 radical (unpaired) electrons. The van der Waals surface area contributed by atoms with Crippen LogP contribution in [0.25, 0.3) is 0 Å². The number of aliphatic hydroxyl groups excluding tert-OH is 1. The van der Waals surface area contributed by atoms with Gasteiger partial charge in [-0.1, -0.05) is 401 Å². The van der Waals surface area contributed by atoms with Crippen LogP contribution in [-0.4, -0.2) is 96.7 Å². The van der Waals surface area contributed by atoms with Gasteiger partial charge in [0.25, 0.3) is 0 Å². The lowest BCUT2D eigenvalue weighted by atomic mass is 9.99. The highest BCUT2D eigenvalue weighted by Crippen LogP contribution is 2.45. The number of ether oxygens (including phenoxy) is 4. The zero-order valence-electron chi connectivity index (χ0n) is 68.3. The average molecular weight is 1520 g/mol. The minimum atomic E-state index is -4.97. The second kappa shape index (κ2) is 76.4. The van der Waals surface area contributed by atoms with Crippen LogP contribution in [0.5, 0.6) is 0 Å². The minimum Gasteiger partial charge on any atom is -0.462 e. The minimum absolute atomic E-state index is 0.107. The summed E-state index contributed by atoms with van der Waals surface area (Å²) in [6, 6.07) is 0. The van der Waals surface area contributed by atoms with E-state index in [1.807, 2.05) is 0 Å². The highest BCUT2D eigenvalue weighted by atomic mass is 31.2. The topological polar surface area (TPSA) is 237 Å². The lowest BCUT2D eigenvalue weighted by Gasteiger charge is -2.21. The number of esters is 4. The van der Waals surface area contributed by atoms with Gasteiger partial charge in [0.05, 0.1) is 26.4 Å². The van der Waals surface area contributed by atoms with Crippen molar-refractivity contribution in [3.63, 3.8) is 0 Å². The Hall–Kier alpha value is -1.94. The Balaban J connectivity index is 5.22. The van der Waals surface area contributed by atoms with E-state index < -0.39 is 97.5 Å². The third-order valence-corrected chi connectivity index (χ3v) is 22.2. The molecule has 0 aromatic heterocycles. The van der Waals surface area contributed by atoms with Gasteiger partial charge in [0, 0.05) is 25.7 Å². The molecule has 0 aliphatic heterocycles. The molecule has 0 saturated carbocycles. The second-order valence-corrected chi connectivity index (χ2v) is 34.2. The predicted molar refractivity (Wildman–Crippen MR) is 428 cm³/mol. The van der Waals surface area contributed by atoms with Crippen LogP contribution in [0.1, 0.15) is 452 Å². The van der Waals surface area contributed by atoms with Crippen molar-refractivity contribution in [3.05, 3.63) is 0 Å². The van der Waals surface area contributed by atoms with Crippen molar-refractivity contribution < 1.29 is 80.2 Å². The lowest BCUT2D eigenvalue weighted by molar-refractivity contribution is -0.161. The molecule has 618 valence electrons. The number of rotatable bonds is 84. The maximum atomic E-state index is 13.1. The fourth-order valence-electron chi connectivity index (χ4n) is 13.2. The molecule has 0 aliphatic rings. The summed E-state index contributed by atoms with van der Waals surface area (Å²) in [7, 11) is -9.92. The Morgan fingerprint density at radius 3 is 0.731 bits per heavy atom. The van der Waals surface area contributed by atoms with Crippen molar-refractivity contribution in [2.75, 3.05) is 39.6 Å². The van der Waals surface area contributed by atoms with Crippen LogP contribution in [0, 0.1) is 11.8 Å². The molecule has 3 N–H and O–H groups in total. The van der Waals surface area contributed by atoms with E-state index in [1.165, 1.54) is 270 Å². The number of aliphatic hydroxyl groups is 1. The summed E-state index contributed by atoms with van der Waals surface area (Å²) in [4.78, 5) is 73.1. The standard InChI is InChI=1S/C85H166O17P2/c1-7-10-12-14-16-18-20-21-22-23-24-25-26-27-28-29-34-39-45-51-57-63-69-84(89)101-81(74-96-83(88)68-62-56-50-44-38-33-31-30-32-37-42-48-54-60-66-78(6)9-3)76-100-104(93,94)98-72-79(86)71-97-103(91,92)99-75-80(73-95-82(87)67-61-55-49-43-19-17-15-13-11-8-2)102-85(90)70-64-58-52-46-40-35-36-41-47-53-59-65-77(4)5/h77-81,86H,7-76H2,1-6H3,(H,91,92)(H,93,94)/t78?,79-,80+,81+/m0/s1. The molecule has 0 saturated heterocycles. The van der Waals surface area contributed by atoms with Crippen LogP contribution in [0.4, 0.5) is 0 Å². The number of unbranched alkanes of at least 4 members (excludes halogenated alkanes) is 53. The van der Waals surface area contributed by atoms with E-state index in [0.717, 1.165) is 102 Å². The molecule has 0 aliphatic carbocycles. The molecule has 104 heavy (non-hydrogen) atoms. The summed E-state index contributed by atoms with van der Waals surface area (Å²) in [5.74, 6) is -0.489. The zero-order valence-corrected chi connectivity index (χ0v) is 70.1. The van der Waals surface area contributed by atoms with Gasteiger partial charge in [-0.2, -0.15) is 0 Å². The number of hydrogen-bond acceptors (Lipinski definition) is 15. The molecule has 19 heteroatoms. The third kappa shape index (κ3) is 76.8. The molecule has 0 rings (SSSR count). The van der Waals surface area contributed by atoms with Crippen LogP contribution in [0.15, 0.2) is 0 Å². The highest BCUT2D eigenvalue weighted by Gasteiger charge is 2.30. The summed E-state index contributed by atoms with van der Waals surface area (Å²) in [6.07, 6.45) is 68.0. The van der Waals surface area contributed by atoms with E-state index in [0.29, 0.717) is 25.7 Å². The fourth-order valence-corrected chi connectivity index (χ4v) is 14.8. The van der Waals surface area contributed by atoms with E-state index in [4.69, 9.17) is 37.0 Å². The second-order valence-electron chi connectivity index (χ2n) is 31.3. The summed E-state index contributed by atoms with van der Waals surface area (Å²) < 4.78 is 68.8. The first kappa shape index (κ1) is 102. The van der Waals surface area contributed by atoms with Gasteiger partial charge in [0.15, 0.2) is 12.2 Å². The first-order valence-electron chi connectivity index (χ1n) is 44.0. The van der Waals surface area contributed by atoms with E-state index in [1.54, 1.807) is 0 Å². The quantitative estimate of drug-likeness (QED) is 0.0222. The van der Waals surface area contributed by atoms with Crippen LogP contribution in [0.3, 0.4) is 0 Å². The first-order chi connectivity index (χ1) is 50.4. The summed E-state index contributed by atoms with van der Waals surface area (Å²) >= 11 is 0. The molecule has 0 aromatic rings. The summed E-state index contributed by atoms with van der Waals surface area (Å²) in [6.45, 7) is 9.70. The Bertz CT molecular complexity index is 2000. The normalized spacial score (nSPS) is 14.1. The van der Waals surface area contributed by atoms with Crippen molar-refractivity contribution in [1.29, 1.82) is 0 Å². The van der Waals surface area contributed by atoms with Crippen molar-refractivity contribution >= 4 is 39.5 Å². The molecule has 0 aromatic carbocycles. The van der Waals surface area contributed by atoms with Gasteiger partial charge in [-0.05, 0) is 37.5 Å². The van der Waals surface area contributed by atoms with Crippen LogP contribution >= 0.6 is 15.6 Å². The largest absolute Gasteiger partial charge is 0.472 e. The number of hydrogen-bond donors (Lipinski definition) is 3. The molecule has 17 nitrogen and oxygen atoms in total. The molecular formula is C85H166O17P2. The Labute approximate surface area is 638 Å². The molecule has 0 spiro atoms. The average Bonchev–Trinajstić information content (AvgIpc) is 0.903. The first-order valence-corrected chi connectivity index (χ1v) is 47.0. The van der Waals surface area contributed by atoms with E-state index in [2.05, 4.69) is 41.5 Å². The zero-order chi connectivity index (χ0) is 76.4. The van der Waals surface area contributed by atoms with E-state index in [9.17, 15) is 43.2 Å². The summed E-state index contributed by atoms with van der Waals surface area (Å²) in [5, 5.41) is 10.7. The van der Waals surface area contributed by atoms with Gasteiger partial charge in [-0.15, -0.1) is 0 Å². The molecule has 6 atom stereocenters. The molecular weight excluding hydrogens is 1350 g/mol. The molecule has 3 unspecified atom stereocenters. The number of carbonyl (C=O) groups is 4. The van der Waals surface area contributed by atoms with Crippen LogP contribution in [-0.2, 0) is 65.4 Å². The Kier molecular flexibility index (Phi) is 75.0. The van der Waals surface area contributed by atoms with Crippen molar-refractivity contribution in [1.82, 2.24) is 0 Å². The summed E-state index contributed by atoms with van der Waals surface area (Å²) in [5.41, 5.74) is 0. The number of carbonyl (C=O) groups excluding carboxylic acids is 4. The van der Waals surface area contributed by atoms with E-state index >= 15 is 0 Å². The van der Waals surface area contributed by atoms with E-state index in [-0.39, 0.29) is 25.7 Å². The maximum absolute atomic E-state index is 13.1. The monoisotopic (exact) mass is 1520 g/mol. The van der Waals surface area contributed by atoms with Crippen LogP contribution < -0.4 is 0 Å².